The van der Waals surface area contributed by atoms with Gasteiger partial charge in [0.25, 0.3) is 0 Å². The molecule has 0 aliphatic heterocycles. The summed E-state index contributed by atoms with van der Waals surface area (Å²) in [6, 6.07) is 2.82. The van der Waals surface area contributed by atoms with Gasteiger partial charge in [-0.15, -0.1) is 0 Å². The predicted octanol–water partition coefficient (Wildman–Crippen LogP) is 4.54. The molecule has 0 saturated carbocycles. The van der Waals surface area contributed by atoms with Gasteiger partial charge in [-0.25, -0.2) is 4.79 Å². The average molecular weight is 510 g/mol. The van der Waals surface area contributed by atoms with E-state index in [9.17, 15) is 19.5 Å². The number of benzene rings is 1. The Bertz CT molecular complexity index is 854. The van der Waals surface area contributed by atoms with Gasteiger partial charge >= 0.3 is 6.09 Å². The number of hydrogen-bond donors (Lipinski definition) is 3. The second-order valence-electron chi connectivity index (χ2n) is 9.88. The van der Waals surface area contributed by atoms with Crippen molar-refractivity contribution in [3.8, 4) is 5.75 Å². The molecular formula is C26H43N3O5S. The number of carbonyl (C=O) groups excluding carboxylic acids is 3. The minimum absolute atomic E-state index is 0.0256. The Hall–Kier alpha value is -2.42. The molecule has 3 amide bonds. The van der Waals surface area contributed by atoms with Crippen LogP contribution in [-0.2, 0) is 14.3 Å². The quantitative estimate of drug-likeness (QED) is 0.357. The summed E-state index contributed by atoms with van der Waals surface area (Å²) < 4.78 is 5.38. The number of nitrogens with zero attached hydrogens (tertiary/aromatic N) is 1. The monoisotopic (exact) mass is 509 g/mol. The topological polar surface area (TPSA) is 108 Å². The Morgan fingerprint density at radius 3 is 2.40 bits per heavy atom. The van der Waals surface area contributed by atoms with Crippen molar-refractivity contribution in [2.45, 2.75) is 91.5 Å². The van der Waals surface area contributed by atoms with Gasteiger partial charge in [0.05, 0.1) is 0 Å². The number of aryl methyl sites for hydroxylation is 1. The molecule has 2 atom stereocenters. The lowest BCUT2D eigenvalue weighted by atomic mass is 9.97. The minimum Gasteiger partial charge on any atom is -0.507 e. The molecule has 1 rings (SSSR count). The van der Waals surface area contributed by atoms with E-state index < -0.39 is 29.7 Å². The molecule has 198 valence electrons. The summed E-state index contributed by atoms with van der Waals surface area (Å²) in [6.45, 7) is 13.1. The molecule has 1 aromatic rings. The van der Waals surface area contributed by atoms with Crippen LogP contribution in [0, 0.1) is 6.92 Å². The lowest BCUT2D eigenvalue weighted by Crippen LogP contribution is -2.55. The number of para-hydroxylation sites is 1. The van der Waals surface area contributed by atoms with Crippen molar-refractivity contribution in [3.63, 3.8) is 0 Å². The Kier molecular flexibility index (Phi) is 12.4. The first-order valence-corrected chi connectivity index (χ1v) is 13.6. The molecule has 3 N–H and O–H groups in total. The summed E-state index contributed by atoms with van der Waals surface area (Å²) in [6.07, 6.45) is 3.30. The van der Waals surface area contributed by atoms with Gasteiger partial charge in [0, 0.05) is 18.2 Å². The van der Waals surface area contributed by atoms with Crippen molar-refractivity contribution in [2.24, 2.45) is 0 Å². The molecule has 0 heterocycles. The van der Waals surface area contributed by atoms with Gasteiger partial charge in [-0.1, -0.05) is 31.5 Å². The van der Waals surface area contributed by atoms with Gasteiger partial charge in [0.1, 0.15) is 23.4 Å². The Balaban J connectivity index is 3.46. The molecule has 0 aliphatic carbocycles. The lowest BCUT2D eigenvalue weighted by molar-refractivity contribution is -0.144. The van der Waals surface area contributed by atoms with Crippen LogP contribution in [-0.4, -0.2) is 64.2 Å². The summed E-state index contributed by atoms with van der Waals surface area (Å²) in [5.74, 6) is -0.178. The first-order chi connectivity index (χ1) is 16.3. The summed E-state index contributed by atoms with van der Waals surface area (Å²) >= 11 is 1.55. The van der Waals surface area contributed by atoms with Crippen LogP contribution < -0.4 is 10.6 Å². The van der Waals surface area contributed by atoms with Gasteiger partial charge in [0.15, 0.2) is 0 Å². The SMILES string of the molecule is CCCCNC(=O)C(c1cccc(C)c1O)N(C(=O)C(CCSC)NC(=O)OC(C)(C)C)C(C)C. The van der Waals surface area contributed by atoms with Crippen LogP contribution in [0.25, 0.3) is 0 Å². The second kappa shape index (κ2) is 14.2. The summed E-state index contributed by atoms with van der Waals surface area (Å²) in [4.78, 5) is 41.4. The van der Waals surface area contributed by atoms with Gasteiger partial charge in [0.2, 0.25) is 11.8 Å². The maximum absolute atomic E-state index is 13.9. The lowest BCUT2D eigenvalue weighted by Gasteiger charge is -2.37. The summed E-state index contributed by atoms with van der Waals surface area (Å²) in [5.41, 5.74) is 0.238. The number of amides is 3. The number of rotatable bonds is 12. The highest BCUT2D eigenvalue weighted by Gasteiger charge is 2.38. The fraction of sp³-hybridized carbons (Fsp3) is 0.654. The third-order valence-corrected chi connectivity index (χ3v) is 5.97. The normalized spacial score (nSPS) is 13.2. The largest absolute Gasteiger partial charge is 0.507 e. The molecule has 2 unspecified atom stereocenters. The maximum atomic E-state index is 13.9. The number of ether oxygens (including phenoxy) is 1. The van der Waals surface area contributed by atoms with Gasteiger partial charge in [-0.2, -0.15) is 11.8 Å². The first-order valence-electron chi connectivity index (χ1n) is 12.2. The molecule has 0 radical (unpaired) electrons. The highest BCUT2D eigenvalue weighted by atomic mass is 32.2. The van der Waals surface area contributed by atoms with E-state index in [0.29, 0.717) is 29.8 Å². The Morgan fingerprint density at radius 2 is 1.86 bits per heavy atom. The zero-order valence-electron chi connectivity index (χ0n) is 22.4. The highest BCUT2D eigenvalue weighted by Crippen LogP contribution is 2.33. The summed E-state index contributed by atoms with van der Waals surface area (Å²) in [5, 5.41) is 16.5. The molecule has 0 spiro atoms. The number of hydrogen-bond acceptors (Lipinski definition) is 6. The van der Waals surface area contributed by atoms with Crippen LogP contribution in [0.3, 0.4) is 0 Å². The maximum Gasteiger partial charge on any atom is 0.408 e. The Labute approximate surface area is 214 Å². The molecule has 0 fully saturated rings. The van der Waals surface area contributed by atoms with Crippen molar-refractivity contribution in [3.05, 3.63) is 29.3 Å². The van der Waals surface area contributed by atoms with Crippen molar-refractivity contribution in [1.29, 1.82) is 0 Å². The van der Waals surface area contributed by atoms with Crippen LogP contribution in [0.4, 0.5) is 4.79 Å². The fourth-order valence-corrected chi connectivity index (χ4v) is 4.08. The van der Waals surface area contributed by atoms with Crippen LogP contribution in [0.15, 0.2) is 18.2 Å². The van der Waals surface area contributed by atoms with Crippen molar-refractivity contribution in [1.82, 2.24) is 15.5 Å². The van der Waals surface area contributed by atoms with E-state index in [4.69, 9.17) is 4.74 Å². The third-order valence-electron chi connectivity index (χ3n) is 5.33. The van der Waals surface area contributed by atoms with Crippen LogP contribution in [0.2, 0.25) is 0 Å². The number of nitrogens with one attached hydrogen (secondary N) is 2. The van der Waals surface area contributed by atoms with E-state index in [1.165, 1.54) is 4.90 Å². The predicted molar refractivity (Wildman–Crippen MR) is 142 cm³/mol. The number of unbranched alkanes of at least 4 members (excludes halogenated alkanes) is 1. The molecule has 1 aromatic carbocycles. The average Bonchev–Trinajstić information content (AvgIpc) is 2.75. The number of carbonyl (C=O) groups is 3. The molecule has 0 aromatic heterocycles. The number of alkyl carbamates (subject to hydrolysis) is 1. The number of aromatic hydroxyl groups is 1. The van der Waals surface area contributed by atoms with E-state index in [-0.39, 0.29) is 17.7 Å². The zero-order chi connectivity index (χ0) is 26.8. The van der Waals surface area contributed by atoms with E-state index in [2.05, 4.69) is 10.6 Å². The van der Waals surface area contributed by atoms with Gasteiger partial charge < -0.3 is 25.4 Å². The zero-order valence-corrected chi connectivity index (χ0v) is 23.3. The molecule has 35 heavy (non-hydrogen) atoms. The van der Waals surface area contributed by atoms with Crippen LogP contribution >= 0.6 is 11.8 Å². The highest BCUT2D eigenvalue weighted by molar-refractivity contribution is 7.98. The van der Waals surface area contributed by atoms with Gasteiger partial charge in [-0.05, 0) is 72.0 Å². The van der Waals surface area contributed by atoms with E-state index >= 15 is 0 Å². The molecule has 0 bridgehead atoms. The van der Waals surface area contributed by atoms with Crippen molar-refractivity contribution in [2.75, 3.05) is 18.6 Å². The fourth-order valence-electron chi connectivity index (χ4n) is 3.61. The smallest absolute Gasteiger partial charge is 0.408 e. The second-order valence-corrected chi connectivity index (χ2v) is 10.9. The molecule has 9 heteroatoms. The first kappa shape index (κ1) is 30.6. The standard InChI is InChI=1S/C26H43N3O5S/c1-9-10-15-27-23(31)21(19-13-11-12-18(4)22(19)30)29(17(2)3)24(32)20(14-16-35-8)28-25(33)34-26(5,6)7/h11-13,17,20-21,30H,9-10,14-16H2,1-8H3,(H,27,31)(H,28,33). The minimum atomic E-state index is -1.06. The number of phenolic OH excluding ortho intramolecular Hbond substituents is 1. The number of thioether (sulfide) groups is 1. The molecule has 0 saturated heterocycles. The molecule has 0 aliphatic rings. The number of phenols is 1. The Morgan fingerprint density at radius 1 is 1.20 bits per heavy atom. The van der Waals surface area contributed by atoms with Crippen LogP contribution in [0.5, 0.6) is 5.75 Å². The van der Waals surface area contributed by atoms with E-state index in [1.54, 1.807) is 57.7 Å². The molecule has 8 nitrogen and oxygen atoms in total. The van der Waals surface area contributed by atoms with Crippen molar-refractivity contribution < 1.29 is 24.2 Å². The third kappa shape index (κ3) is 9.63. The van der Waals surface area contributed by atoms with E-state index in [1.807, 2.05) is 27.0 Å². The van der Waals surface area contributed by atoms with E-state index in [0.717, 1.165) is 12.8 Å². The summed E-state index contributed by atoms with van der Waals surface area (Å²) in [7, 11) is 0. The van der Waals surface area contributed by atoms with Gasteiger partial charge in [-0.3, -0.25) is 9.59 Å². The molecular weight excluding hydrogens is 466 g/mol. The van der Waals surface area contributed by atoms with Crippen LogP contribution in [0.1, 0.15) is 78.0 Å². The van der Waals surface area contributed by atoms with Crippen molar-refractivity contribution >= 4 is 29.7 Å².